The Labute approximate surface area is 78.2 Å². The Morgan fingerprint density at radius 2 is 1.69 bits per heavy atom. The lowest BCUT2D eigenvalue weighted by Gasteiger charge is -2.00. The van der Waals surface area contributed by atoms with E-state index in [2.05, 4.69) is 15.4 Å². The molecule has 0 aliphatic carbocycles. The third-order valence-corrected chi connectivity index (χ3v) is 1.67. The summed E-state index contributed by atoms with van der Waals surface area (Å²) in [6.07, 6.45) is 7.83. The second kappa shape index (κ2) is 4.50. The van der Waals surface area contributed by atoms with E-state index in [9.17, 15) is 0 Å². The van der Waals surface area contributed by atoms with E-state index in [-0.39, 0.29) is 0 Å². The molecule has 0 radical (unpaired) electrons. The van der Waals surface area contributed by atoms with Crippen molar-refractivity contribution in [3.63, 3.8) is 0 Å². The normalized spacial score (nSPS) is 11.6. The first kappa shape index (κ1) is 9.58. The van der Waals surface area contributed by atoms with E-state index in [0.717, 1.165) is 17.0 Å². The third-order valence-electron chi connectivity index (χ3n) is 1.67. The lowest BCUT2D eigenvalue weighted by atomic mass is 10.1. The van der Waals surface area contributed by atoms with Gasteiger partial charge in [-0.3, -0.25) is 0 Å². The number of allylic oxidation sites excluding steroid dienone is 2. The van der Waals surface area contributed by atoms with Gasteiger partial charge in [-0.25, -0.2) is 0 Å². The van der Waals surface area contributed by atoms with Gasteiger partial charge in [-0.1, -0.05) is 18.2 Å². The van der Waals surface area contributed by atoms with Crippen molar-refractivity contribution in [3.8, 4) is 0 Å². The Bertz CT molecular complexity index is 340. The second-order valence-corrected chi connectivity index (χ2v) is 2.67. The van der Waals surface area contributed by atoms with E-state index in [1.165, 1.54) is 0 Å². The summed E-state index contributed by atoms with van der Waals surface area (Å²) in [5.41, 5.74) is 2.81. The number of nitrogens with zero attached hydrogens (tertiary/aromatic N) is 3. The van der Waals surface area contributed by atoms with Crippen molar-refractivity contribution in [2.75, 3.05) is 0 Å². The highest BCUT2D eigenvalue weighted by molar-refractivity contribution is 5.62. The molecule has 0 atom stereocenters. The molecule has 0 saturated heterocycles. The molecule has 0 spiro atoms. The zero-order valence-electron chi connectivity index (χ0n) is 8.15. The Morgan fingerprint density at radius 1 is 1.00 bits per heavy atom. The first-order valence-corrected chi connectivity index (χ1v) is 4.25. The van der Waals surface area contributed by atoms with Crippen molar-refractivity contribution in [1.82, 2.24) is 15.4 Å². The summed E-state index contributed by atoms with van der Waals surface area (Å²) in [4.78, 5) is 0. The molecule has 1 aromatic heterocycles. The van der Waals surface area contributed by atoms with Crippen molar-refractivity contribution in [2.24, 2.45) is 0 Å². The quantitative estimate of drug-likeness (QED) is 0.692. The highest BCUT2D eigenvalue weighted by atomic mass is 15.3. The summed E-state index contributed by atoms with van der Waals surface area (Å²) in [6, 6.07) is 0. The molecule has 3 nitrogen and oxygen atoms in total. The standard InChI is InChI=1S/C10H13N3/c1-4-6-9-8(3)11-13-12-10(9)7-5-2/h4-7H,1-3H3/b6-4-,7-5-. The molecule has 13 heavy (non-hydrogen) atoms. The van der Waals surface area contributed by atoms with Crippen LogP contribution in [0.15, 0.2) is 12.2 Å². The fourth-order valence-corrected chi connectivity index (χ4v) is 1.08. The zero-order valence-corrected chi connectivity index (χ0v) is 8.15. The van der Waals surface area contributed by atoms with E-state index in [4.69, 9.17) is 0 Å². The minimum Gasteiger partial charge on any atom is -0.135 e. The molecule has 0 bridgehead atoms. The van der Waals surface area contributed by atoms with Crippen molar-refractivity contribution in [3.05, 3.63) is 29.1 Å². The predicted octanol–water partition coefficient (Wildman–Crippen LogP) is 2.25. The summed E-state index contributed by atoms with van der Waals surface area (Å²) in [5.74, 6) is 0. The molecule has 1 aromatic rings. The van der Waals surface area contributed by atoms with Crippen molar-refractivity contribution < 1.29 is 0 Å². The van der Waals surface area contributed by atoms with Gasteiger partial charge in [-0.2, -0.15) is 0 Å². The summed E-state index contributed by atoms with van der Waals surface area (Å²) in [5, 5.41) is 11.5. The summed E-state index contributed by atoms with van der Waals surface area (Å²) >= 11 is 0. The maximum absolute atomic E-state index is 3.95. The van der Waals surface area contributed by atoms with E-state index < -0.39 is 0 Å². The van der Waals surface area contributed by atoms with Gasteiger partial charge < -0.3 is 0 Å². The van der Waals surface area contributed by atoms with Crippen molar-refractivity contribution in [2.45, 2.75) is 20.8 Å². The lowest BCUT2D eigenvalue weighted by Crippen LogP contribution is -1.98. The van der Waals surface area contributed by atoms with Crippen molar-refractivity contribution >= 4 is 12.2 Å². The highest BCUT2D eigenvalue weighted by Crippen LogP contribution is 2.11. The maximum atomic E-state index is 3.95. The van der Waals surface area contributed by atoms with Crippen molar-refractivity contribution in [1.29, 1.82) is 0 Å². The van der Waals surface area contributed by atoms with E-state index in [0.29, 0.717) is 0 Å². The van der Waals surface area contributed by atoms with Gasteiger partial charge in [-0.15, -0.1) is 10.2 Å². The summed E-state index contributed by atoms with van der Waals surface area (Å²) in [7, 11) is 0. The lowest BCUT2D eigenvalue weighted by molar-refractivity contribution is 0.828. The Morgan fingerprint density at radius 3 is 2.31 bits per heavy atom. The monoisotopic (exact) mass is 175 g/mol. The second-order valence-electron chi connectivity index (χ2n) is 2.67. The summed E-state index contributed by atoms with van der Waals surface area (Å²) < 4.78 is 0. The molecule has 0 aromatic carbocycles. The highest BCUT2D eigenvalue weighted by Gasteiger charge is 2.02. The minimum absolute atomic E-state index is 0.869. The van der Waals surface area contributed by atoms with Crippen LogP contribution >= 0.6 is 0 Å². The van der Waals surface area contributed by atoms with E-state index in [1.807, 2.05) is 45.1 Å². The van der Waals surface area contributed by atoms with Gasteiger partial charge in [0.15, 0.2) is 0 Å². The molecule has 0 fully saturated rings. The number of aromatic nitrogens is 3. The summed E-state index contributed by atoms with van der Waals surface area (Å²) in [6.45, 7) is 5.85. The van der Waals surface area contributed by atoms with Crippen LogP contribution in [0.25, 0.3) is 12.2 Å². The molecule has 3 heteroatoms. The van der Waals surface area contributed by atoms with Crippen LogP contribution in [-0.4, -0.2) is 15.4 Å². The number of hydrogen-bond acceptors (Lipinski definition) is 3. The van der Waals surface area contributed by atoms with Gasteiger partial charge in [0.2, 0.25) is 0 Å². The smallest absolute Gasteiger partial charge is 0.0962 e. The average Bonchev–Trinajstić information content (AvgIpc) is 2.11. The Hall–Kier alpha value is -1.51. The first-order chi connectivity index (χ1) is 6.29. The molecule has 0 N–H and O–H groups in total. The molecular weight excluding hydrogens is 162 g/mol. The Balaban J connectivity index is 3.25. The predicted molar refractivity (Wildman–Crippen MR) is 54.0 cm³/mol. The van der Waals surface area contributed by atoms with Crippen LogP contribution < -0.4 is 0 Å². The van der Waals surface area contributed by atoms with Gasteiger partial charge >= 0.3 is 0 Å². The molecule has 0 amide bonds. The van der Waals surface area contributed by atoms with Crippen LogP contribution in [0.5, 0.6) is 0 Å². The van der Waals surface area contributed by atoms with Crippen LogP contribution in [0.2, 0.25) is 0 Å². The number of hydrogen-bond donors (Lipinski definition) is 0. The minimum atomic E-state index is 0.869. The molecular formula is C10H13N3. The van der Waals surface area contributed by atoms with Gasteiger partial charge in [0.25, 0.3) is 0 Å². The van der Waals surface area contributed by atoms with Gasteiger partial charge in [0.1, 0.15) is 0 Å². The number of rotatable bonds is 2. The molecule has 0 aliphatic rings. The van der Waals surface area contributed by atoms with E-state index >= 15 is 0 Å². The van der Waals surface area contributed by atoms with Gasteiger partial charge in [-0.05, 0) is 32.1 Å². The van der Waals surface area contributed by atoms with Crippen LogP contribution in [0.3, 0.4) is 0 Å². The molecule has 0 aliphatic heterocycles. The topological polar surface area (TPSA) is 38.7 Å². The molecule has 0 saturated carbocycles. The molecule has 1 rings (SSSR count). The van der Waals surface area contributed by atoms with Crippen LogP contribution in [0.4, 0.5) is 0 Å². The third kappa shape index (κ3) is 2.21. The van der Waals surface area contributed by atoms with E-state index in [1.54, 1.807) is 0 Å². The Kier molecular flexibility index (Phi) is 3.31. The molecule has 68 valence electrons. The fourth-order valence-electron chi connectivity index (χ4n) is 1.08. The van der Waals surface area contributed by atoms with Gasteiger partial charge in [0.05, 0.1) is 11.4 Å². The molecule has 1 heterocycles. The first-order valence-electron chi connectivity index (χ1n) is 4.25. The van der Waals surface area contributed by atoms with Crippen LogP contribution in [-0.2, 0) is 0 Å². The molecule has 0 unspecified atom stereocenters. The van der Waals surface area contributed by atoms with Crippen LogP contribution in [0, 0.1) is 6.92 Å². The average molecular weight is 175 g/mol. The van der Waals surface area contributed by atoms with Gasteiger partial charge in [0, 0.05) is 5.56 Å². The largest absolute Gasteiger partial charge is 0.135 e. The van der Waals surface area contributed by atoms with Crippen LogP contribution in [0.1, 0.15) is 30.8 Å². The fraction of sp³-hybridized carbons (Fsp3) is 0.300. The maximum Gasteiger partial charge on any atom is 0.0962 e. The SMILES string of the molecule is C/C=C\c1nnnc(C)c1/C=C\C. The zero-order chi connectivity index (χ0) is 9.68. The number of aryl methyl sites for hydroxylation is 1.